The lowest BCUT2D eigenvalue weighted by Crippen LogP contribution is -2.29. The van der Waals surface area contributed by atoms with Crippen molar-refractivity contribution in [3.05, 3.63) is 63.6 Å². The number of hydrogen-bond donors (Lipinski definition) is 0. The topological polar surface area (TPSA) is 37.4 Å². The van der Waals surface area contributed by atoms with E-state index in [1.54, 1.807) is 6.07 Å². The van der Waals surface area contributed by atoms with E-state index >= 15 is 0 Å². The van der Waals surface area contributed by atoms with Crippen molar-refractivity contribution in [2.45, 2.75) is 6.54 Å². The van der Waals surface area contributed by atoms with Gasteiger partial charge in [-0.3, -0.25) is 14.5 Å². The van der Waals surface area contributed by atoms with Crippen molar-refractivity contribution in [2.24, 2.45) is 0 Å². The van der Waals surface area contributed by atoms with Crippen molar-refractivity contribution in [1.29, 1.82) is 0 Å². The largest absolute Gasteiger partial charge is 0.299 e. The van der Waals surface area contributed by atoms with Gasteiger partial charge in [0.05, 0.1) is 17.8 Å². The van der Waals surface area contributed by atoms with Crippen LogP contribution in [-0.4, -0.2) is 11.7 Å². The molecule has 0 unspecified atom stereocenters. The molecule has 3 rings (SSSR count). The fraction of sp³-hybridized carbons (Fsp3) is 0.0667. The number of rotatable bonds is 2. The van der Waals surface area contributed by atoms with Gasteiger partial charge < -0.3 is 0 Å². The van der Waals surface area contributed by atoms with Crippen molar-refractivity contribution in [3.63, 3.8) is 0 Å². The summed E-state index contributed by atoms with van der Waals surface area (Å²) in [5.41, 5.74) is 0.874. The zero-order chi connectivity index (χ0) is 15.1. The molecule has 21 heavy (non-hydrogen) atoms. The Balaban J connectivity index is 2.05. The minimum absolute atomic E-state index is 0.0169. The molecule has 1 amide bonds. The summed E-state index contributed by atoms with van der Waals surface area (Å²) in [6, 6.07) is 7.96. The average molecular weight is 352 g/mol. The Hall–Kier alpha value is -2.08. The van der Waals surface area contributed by atoms with Gasteiger partial charge in [0.15, 0.2) is 0 Å². The minimum Gasteiger partial charge on any atom is -0.299 e. The monoisotopic (exact) mass is 351 g/mol. The fourth-order valence-corrected chi connectivity index (χ4v) is 2.97. The van der Waals surface area contributed by atoms with Crippen LogP contribution in [-0.2, 0) is 11.3 Å². The SMILES string of the molecule is O=C1C(=O)N(Cc2cccc(F)c2)c2c(Br)cc(F)cc21. The van der Waals surface area contributed by atoms with Crippen LogP contribution in [0.2, 0.25) is 0 Å². The Labute approximate surface area is 127 Å². The van der Waals surface area contributed by atoms with Crippen molar-refractivity contribution in [1.82, 2.24) is 0 Å². The van der Waals surface area contributed by atoms with E-state index in [0.29, 0.717) is 15.7 Å². The first-order valence-corrected chi connectivity index (χ1v) is 6.86. The van der Waals surface area contributed by atoms with Crippen LogP contribution < -0.4 is 4.90 Å². The Morgan fingerprint density at radius 2 is 1.81 bits per heavy atom. The molecule has 0 fully saturated rings. The predicted octanol–water partition coefficient (Wildman–Crippen LogP) is 3.46. The summed E-state index contributed by atoms with van der Waals surface area (Å²) in [4.78, 5) is 25.2. The molecular formula is C15H8BrF2NO2. The molecule has 1 heterocycles. The van der Waals surface area contributed by atoms with Crippen LogP contribution >= 0.6 is 15.9 Å². The van der Waals surface area contributed by atoms with E-state index in [4.69, 9.17) is 0 Å². The molecule has 0 aliphatic carbocycles. The number of halogens is 3. The first-order chi connectivity index (χ1) is 9.97. The molecule has 0 saturated heterocycles. The van der Waals surface area contributed by atoms with Gasteiger partial charge in [0.1, 0.15) is 11.6 Å². The zero-order valence-corrected chi connectivity index (χ0v) is 12.2. The fourth-order valence-electron chi connectivity index (χ4n) is 2.32. The number of Topliss-reactive ketones (excluding diaryl/α,β-unsaturated/α-hetero) is 1. The molecule has 1 aliphatic heterocycles. The van der Waals surface area contributed by atoms with Gasteiger partial charge in [0.25, 0.3) is 11.7 Å². The maximum absolute atomic E-state index is 13.4. The van der Waals surface area contributed by atoms with Gasteiger partial charge in [-0.25, -0.2) is 8.78 Å². The molecule has 0 atom stereocenters. The lowest BCUT2D eigenvalue weighted by Gasteiger charge is -2.18. The van der Waals surface area contributed by atoms with Crippen LogP contribution in [0.25, 0.3) is 0 Å². The average Bonchev–Trinajstić information content (AvgIpc) is 2.64. The molecule has 0 radical (unpaired) electrons. The Morgan fingerprint density at radius 1 is 1.05 bits per heavy atom. The molecule has 0 bridgehead atoms. The standard InChI is InChI=1S/C15H8BrF2NO2/c16-12-6-10(18)5-11-13(12)19(15(21)14(11)20)7-8-2-1-3-9(17)4-8/h1-6H,7H2. The number of anilines is 1. The number of carbonyl (C=O) groups excluding carboxylic acids is 2. The summed E-state index contributed by atoms with van der Waals surface area (Å²) < 4.78 is 26.9. The van der Waals surface area contributed by atoms with Gasteiger partial charge in [0, 0.05) is 4.47 Å². The van der Waals surface area contributed by atoms with Gasteiger partial charge in [0.2, 0.25) is 0 Å². The highest BCUT2D eigenvalue weighted by atomic mass is 79.9. The second-order valence-corrected chi connectivity index (χ2v) is 5.49. The number of benzene rings is 2. The highest BCUT2D eigenvalue weighted by Gasteiger charge is 2.37. The van der Waals surface area contributed by atoms with Crippen LogP contribution in [0, 0.1) is 11.6 Å². The number of amides is 1. The highest BCUT2D eigenvalue weighted by Crippen LogP contribution is 2.37. The maximum Gasteiger partial charge on any atom is 0.299 e. The van der Waals surface area contributed by atoms with E-state index in [0.717, 1.165) is 6.07 Å². The molecular weight excluding hydrogens is 344 g/mol. The number of nitrogens with zero attached hydrogens (tertiary/aromatic N) is 1. The minimum atomic E-state index is -0.762. The predicted molar refractivity (Wildman–Crippen MR) is 76.0 cm³/mol. The molecule has 2 aromatic carbocycles. The van der Waals surface area contributed by atoms with Crippen molar-refractivity contribution < 1.29 is 18.4 Å². The Bertz CT molecular complexity index is 776. The first-order valence-electron chi connectivity index (χ1n) is 6.07. The lowest BCUT2D eigenvalue weighted by atomic mass is 10.1. The van der Waals surface area contributed by atoms with E-state index in [2.05, 4.69) is 15.9 Å². The number of carbonyl (C=O) groups is 2. The molecule has 0 saturated carbocycles. The Morgan fingerprint density at radius 3 is 2.52 bits per heavy atom. The van der Waals surface area contributed by atoms with Gasteiger partial charge in [-0.1, -0.05) is 12.1 Å². The molecule has 0 spiro atoms. The number of hydrogen-bond acceptors (Lipinski definition) is 2. The van der Waals surface area contributed by atoms with Crippen LogP contribution in [0.4, 0.5) is 14.5 Å². The van der Waals surface area contributed by atoms with Crippen molar-refractivity contribution in [2.75, 3.05) is 4.90 Å². The molecule has 0 N–H and O–H groups in total. The zero-order valence-electron chi connectivity index (χ0n) is 10.6. The molecule has 1 aliphatic rings. The molecule has 3 nitrogen and oxygen atoms in total. The molecule has 0 aromatic heterocycles. The summed E-state index contributed by atoms with van der Waals surface area (Å²) in [5.74, 6) is -2.54. The van der Waals surface area contributed by atoms with Crippen LogP contribution in [0.3, 0.4) is 0 Å². The van der Waals surface area contributed by atoms with E-state index in [-0.39, 0.29) is 12.1 Å². The van der Waals surface area contributed by atoms with Gasteiger partial charge >= 0.3 is 0 Å². The third kappa shape index (κ3) is 2.35. The van der Waals surface area contributed by atoms with Crippen molar-refractivity contribution >= 4 is 33.3 Å². The lowest BCUT2D eigenvalue weighted by molar-refractivity contribution is -0.114. The van der Waals surface area contributed by atoms with E-state index in [9.17, 15) is 18.4 Å². The second kappa shape index (κ2) is 5.04. The normalized spacial score (nSPS) is 13.8. The van der Waals surface area contributed by atoms with Gasteiger partial charge in [-0.2, -0.15) is 0 Å². The summed E-state index contributed by atoms with van der Waals surface area (Å²) in [5, 5.41) is 0. The van der Waals surface area contributed by atoms with Gasteiger partial charge in [-0.05, 0) is 45.8 Å². The van der Waals surface area contributed by atoms with E-state index < -0.39 is 23.3 Å². The Kier molecular flexibility index (Phi) is 3.33. The smallest absolute Gasteiger partial charge is 0.299 e. The third-order valence-corrected chi connectivity index (χ3v) is 3.82. The first kappa shape index (κ1) is 13.9. The second-order valence-electron chi connectivity index (χ2n) is 4.63. The maximum atomic E-state index is 13.4. The van der Waals surface area contributed by atoms with Crippen LogP contribution in [0.15, 0.2) is 40.9 Å². The van der Waals surface area contributed by atoms with E-state index in [1.807, 2.05) is 0 Å². The number of ketones is 1. The van der Waals surface area contributed by atoms with Crippen LogP contribution in [0.1, 0.15) is 15.9 Å². The molecule has 2 aromatic rings. The highest BCUT2D eigenvalue weighted by molar-refractivity contribution is 9.10. The molecule has 106 valence electrons. The number of fused-ring (bicyclic) bond motifs is 1. The van der Waals surface area contributed by atoms with E-state index in [1.165, 1.54) is 29.2 Å². The van der Waals surface area contributed by atoms with Crippen LogP contribution in [0.5, 0.6) is 0 Å². The quantitative estimate of drug-likeness (QED) is 0.777. The molecule has 6 heteroatoms. The summed E-state index contributed by atoms with van der Waals surface area (Å²) in [7, 11) is 0. The summed E-state index contributed by atoms with van der Waals surface area (Å²) in [6.45, 7) is 0.0412. The van der Waals surface area contributed by atoms with Gasteiger partial charge in [-0.15, -0.1) is 0 Å². The summed E-state index contributed by atoms with van der Waals surface area (Å²) >= 11 is 3.16. The summed E-state index contributed by atoms with van der Waals surface area (Å²) in [6.07, 6.45) is 0. The van der Waals surface area contributed by atoms with Crippen molar-refractivity contribution in [3.8, 4) is 0 Å². The third-order valence-electron chi connectivity index (χ3n) is 3.21.